The largest absolute Gasteiger partial charge is 0.305 e. The molecule has 0 radical (unpaired) electrons. The smallest absolute Gasteiger partial charge is 0.241 e. The molecular weight excluding hydrogens is 224 g/mol. The van der Waals surface area contributed by atoms with Gasteiger partial charge in [0.05, 0.1) is 6.07 Å². The minimum absolute atomic E-state index is 0.0464. The molecule has 3 nitrogen and oxygen atoms in total. The molecule has 88 valence electrons. The zero-order valence-corrected chi connectivity index (χ0v) is 9.40. The van der Waals surface area contributed by atoms with E-state index in [1.165, 1.54) is 0 Å². The second-order valence-corrected chi connectivity index (χ2v) is 4.69. The van der Waals surface area contributed by atoms with Crippen molar-refractivity contribution in [2.75, 3.05) is 0 Å². The van der Waals surface area contributed by atoms with Crippen LogP contribution in [0.5, 0.6) is 0 Å². The normalized spacial score (nSPS) is 17.1. The zero-order valence-electron chi connectivity index (χ0n) is 8.58. The maximum atomic E-state index is 12.2. The van der Waals surface area contributed by atoms with Gasteiger partial charge in [0.15, 0.2) is 15.8 Å². The van der Waals surface area contributed by atoms with Gasteiger partial charge in [0.25, 0.3) is 0 Å². The third-order valence-corrected chi connectivity index (χ3v) is 3.34. The van der Waals surface area contributed by atoms with Crippen LogP contribution in [0.2, 0.25) is 0 Å². The number of halogens is 2. The van der Waals surface area contributed by atoms with Gasteiger partial charge in [0.2, 0.25) is 6.43 Å². The molecule has 0 saturated carbocycles. The molecule has 0 aromatic carbocycles. The van der Waals surface area contributed by atoms with Crippen LogP contribution in [0.1, 0.15) is 39.0 Å². The van der Waals surface area contributed by atoms with E-state index in [1.807, 2.05) is 6.92 Å². The van der Waals surface area contributed by atoms with E-state index >= 15 is 0 Å². The summed E-state index contributed by atoms with van der Waals surface area (Å²) in [5, 5.41) is 8.76. The first kappa shape index (κ1) is 14.5. The highest BCUT2D eigenvalue weighted by atomic mass is 32.2. The molecule has 0 rings (SSSR count). The molecule has 6 heteroatoms. The molecule has 0 spiro atoms. The number of nitriles is 1. The van der Waals surface area contributed by atoms with Crippen molar-refractivity contribution < 1.29 is 17.5 Å². The van der Waals surface area contributed by atoms with Crippen LogP contribution in [-0.2, 0) is 11.1 Å². The number of nitrogens with zero attached hydrogens (tertiary/aromatic N) is 1. The average Bonchev–Trinajstić information content (AvgIpc) is 2.15. The van der Waals surface area contributed by atoms with Crippen LogP contribution in [0.4, 0.5) is 8.78 Å². The topological polar surface area (TPSA) is 61.1 Å². The van der Waals surface area contributed by atoms with Crippen molar-refractivity contribution in [3.8, 4) is 6.07 Å². The summed E-state index contributed by atoms with van der Waals surface area (Å²) < 4.78 is 42.4. The van der Waals surface area contributed by atoms with Gasteiger partial charge in [0.1, 0.15) is 0 Å². The molecule has 0 aliphatic carbocycles. The number of unbranched alkanes of at least 4 members (excludes halogenated alkanes) is 2. The average molecular weight is 239 g/mol. The Morgan fingerprint density at radius 3 is 2.47 bits per heavy atom. The van der Waals surface area contributed by atoms with Crippen molar-refractivity contribution in [3.05, 3.63) is 0 Å². The third kappa shape index (κ3) is 4.67. The molecule has 1 N–H and O–H groups in total. The summed E-state index contributed by atoms with van der Waals surface area (Å²) in [6.07, 6.45) is -1.37. The van der Waals surface area contributed by atoms with Gasteiger partial charge in [-0.2, -0.15) is 5.26 Å². The minimum Gasteiger partial charge on any atom is -0.305 e. The van der Waals surface area contributed by atoms with Crippen molar-refractivity contribution in [3.63, 3.8) is 0 Å². The van der Waals surface area contributed by atoms with Crippen molar-refractivity contribution in [1.29, 1.82) is 5.26 Å². The van der Waals surface area contributed by atoms with Gasteiger partial charge in [-0.25, -0.2) is 13.0 Å². The fourth-order valence-corrected chi connectivity index (χ4v) is 1.98. The van der Waals surface area contributed by atoms with Gasteiger partial charge in [-0.15, -0.1) is 0 Å². The second kappa shape index (κ2) is 6.85. The van der Waals surface area contributed by atoms with Crippen molar-refractivity contribution in [1.82, 2.24) is 0 Å². The summed E-state index contributed by atoms with van der Waals surface area (Å²) >= 11 is -2.53. The Balaban J connectivity index is 4.53. The van der Waals surface area contributed by atoms with Crippen LogP contribution in [0.3, 0.4) is 0 Å². The van der Waals surface area contributed by atoms with E-state index in [2.05, 4.69) is 0 Å². The highest BCUT2D eigenvalue weighted by molar-refractivity contribution is 7.81. The molecule has 0 aromatic rings. The number of rotatable bonds is 7. The van der Waals surface area contributed by atoms with E-state index in [4.69, 9.17) is 9.81 Å². The van der Waals surface area contributed by atoms with Crippen molar-refractivity contribution >= 4 is 11.1 Å². The summed E-state index contributed by atoms with van der Waals surface area (Å²) in [5.74, 6) is 0. The summed E-state index contributed by atoms with van der Waals surface area (Å²) in [6.45, 7) is 1.93. The lowest BCUT2D eigenvalue weighted by Crippen LogP contribution is -2.34. The van der Waals surface area contributed by atoms with Crippen LogP contribution >= 0.6 is 0 Å². The first-order valence-electron chi connectivity index (χ1n) is 4.79. The van der Waals surface area contributed by atoms with Gasteiger partial charge in [0, 0.05) is 6.42 Å². The van der Waals surface area contributed by atoms with E-state index in [1.54, 1.807) is 6.07 Å². The fraction of sp³-hybridized carbons (Fsp3) is 0.889. The van der Waals surface area contributed by atoms with Gasteiger partial charge in [-0.3, -0.25) is 0 Å². The van der Waals surface area contributed by atoms with Crippen molar-refractivity contribution in [2.45, 2.75) is 50.2 Å². The molecule has 0 bridgehead atoms. The first-order chi connectivity index (χ1) is 6.98. The van der Waals surface area contributed by atoms with Gasteiger partial charge in [-0.1, -0.05) is 26.2 Å². The minimum atomic E-state index is -2.73. The predicted octanol–water partition coefficient (Wildman–Crippen LogP) is 2.71. The van der Waals surface area contributed by atoms with Crippen LogP contribution in [0.15, 0.2) is 0 Å². The summed E-state index contributed by atoms with van der Waals surface area (Å²) in [6, 6.07) is 1.58. The van der Waals surface area contributed by atoms with Crippen LogP contribution in [0.25, 0.3) is 0 Å². The highest BCUT2D eigenvalue weighted by Crippen LogP contribution is 2.27. The fourth-order valence-electron chi connectivity index (χ4n) is 1.31. The Morgan fingerprint density at radius 2 is 2.13 bits per heavy atom. The summed E-state index contributed by atoms with van der Waals surface area (Å²) in [5.41, 5.74) is 0. The predicted molar refractivity (Wildman–Crippen MR) is 53.9 cm³/mol. The Kier molecular flexibility index (Phi) is 6.61. The van der Waals surface area contributed by atoms with Crippen LogP contribution in [0, 0.1) is 11.3 Å². The monoisotopic (exact) mass is 239 g/mol. The van der Waals surface area contributed by atoms with Gasteiger partial charge >= 0.3 is 0 Å². The van der Waals surface area contributed by atoms with Crippen LogP contribution in [-0.4, -0.2) is 19.9 Å². The van der Waals surface area contributed by atoms with E-state index in [9.17, 15) is 13.0 Å². The Hall–Kier alpha value is -0.540. The standard InChI is InChI=1S/C9H15F2NO2S/c1-2-3-4-5-9(7-12,15(13)14)6-8(10)11/h8H,2-6H2,1H3,(H,13,14). The highest BCUT2D eigenvalue weighted by Gasteiger charge is 2.39. The van der Waals surface area contributed by atoms with E-state index in [-0.39, 0.29) is 6.42 Å². The Bertz CT molecular complexity index is 255. The van der Waals surface area contributed by atoms with E-state index < -0.39 is 28.7 Å². The number of hydrogen-bond acceptors (Lipinski definition) is 2. The molecule has 0 amide bonds. The molecule has 0 heterocycles. The molecule has 0 aliphatic rings. The van der Waals surface area contributed by atoms with E-state index in [0.717, 1.165) is 12.8 Å². The molecule has 0 aliphatic heterocycles. The maximum absolute atomic E-state index is 12.2. The van der Waals surface area contributed by atoms with Crippen molar-refractivity contribution in [2.24, 2.45) is 0 Å². The molecule has 2 unspecified atom stereocenters. The quantitative estimate of drug-likeness (QED) is 0.549. The molecule has 15 heavy (non-hydrogen) atoms. The van der Waals surface area contributed by atoms with Gasteiger partial charge in [-0.05, 0) is 6.42 Å². The molecular formula is C9H15F2NO2S. The Labute approximate surface area is 90.8 Å². The zero-order chi connectivity index (χ0) is 11.9. The Morgan fingerprint density at radius 1 is 1.53 bits per heavy atom. The third-order valence-electron chi connectivity index (χ3n) is 2.21. The first-order valence-corrected chi connectivity index (χ1v) is 5.89. The number of alkyl halides is 2. The lowest BCUT2D eigenvalue weighted by atomic mass is 9.98. The molecule has 2 atom stereocenters. The second-order valence-electron chi connectivity index (χ2n) is 3.41. The van der Waals surface area contributed by atoms with E-state index in [0.29, 0.717) is 6.42 Å². The lowest BCUT2D eigenvalue weighted by Gasteiger charge is -2.21. The maximum Gasteiger partial charge on any atom is 0.241 e. The number of hydrogen-bond donors (Lipinski definition) is 1. The molecule has 0 aromatic heterocycles. The van der Waals surface area contributed by atoms with Crippen LogP contribution < -0.4 is 0 Å². The summed E-state index contributed by atoms with van der Waals surface area (Å²) in [7, 11) is 0. The lowest BCUT2D eigenvalue weighted by molar-refractivity contribution is 0.126. The summed E-state index contributed by atoms with van der Waals surface area (Å²) in [4.78, 5) is 0. The molecule has 0 fully saturated rings. The molecule has 0 saturated heterocycles. The SMILES string of the molecule is CCCCCC(C#N)(CC(F)F)S(=O)O. The van der Waals surface area contributed by atoms with Gasteiger partial charge < -0.3 is 4.55 Å².